The van der Waals surface area contributed by atoms with Gasteiger partial charge in [-0.25, -0.2) is 9.97 Å². The van der Waals surface area contributed by atoms with Gasteiger partial charge >= 0.3 is 59.1 Å². The first-order valence-electron chi connectivity index (χ1n) is 10.3. The standard InChI is InChI=1S/C26H18N4O4.2Na/c27-19-7-3-1-5-13(19)17-11-21(25(31)32)29-23-15(17)9-10-16-18(14-6-2-4-8-20(14)28)12-22(26(33)34)30-24(16)23;;/h1-12H,27-28H2,(H,31,32)(H,33,34);;/q;2*+1/p-2. The van der Waals surface area contributed by atoms with E-state index in [1.165, 1.54) is 12.1 Å². The summed E-state index contributed by atoms with van der Waals surface area (Å²) in [5.41, 5.74) is 15.1. The zero-order valence-corrected chi connectivity index (χ0v) is 23.6. The van der Waals surface area contributed by atoms with Gasteiger partial charge in [0.05, 0.1) is 34.4 Å². The molecule has 5 rings (SSSR count). The minimum atomic E-state index is -1.49. The Morgan fingerprint density at radius 2 is 0.944 bits per heavy atom. The van der Waals surface area contributed by atoms with Crippen LogP contribution in [0.2, 0.25) is 0 Å². The van der Waals surface area contributed by atoms with E-state index in [2.05, 4.69) is 9.97 Å². The molecule has 4 N–H and O–H groups in total. The molecule has 2 heterocycles. The van der Waals surface area contributed by atoms with Gasteiger partial charge < -0.3 is 31.3 Å². The maximum absolute atomic E-state index is 11.8. The van der Waals surface area contributed by atoms with E-state index in [1.807, 2.05) is 0 Å². The van der Waals surface area contributed by atoms with Gasteiger partial charge in [-0.3, -0.25) is 0 Å². The number of para-hydroxylation sites is 2. The van der Waals surface area contributed by atoms with Crippen LogP contribution in [0.4, 0.5) is 11.4 Å². The molecule has 0 radical (unpaired) electrons. The number of carbonyl (C=O) groups is 2. The number of fused-ring (bicyclic) bond motifs is 3. The summed E-state index contributed by atoms with van der Waals surface area (Å²) in [6.07, 6.45) is 0. The molecule has 0 bridgehead atoms. The third-order valence-electron chi connectivity index (χ3n) is 5.68. The van der Waals surface area contributed by atoms with Gasteiger partial charge in [-0.1, -0.05) is 48.5 Å². The van der Waals surface area contributed by atoms with Gasteiger partial charge in [0.1, 0.15) is 0 Å². The quantitative estimate of drug-likeness (QED) is 0.145. The number of nitrogen functional groups attached to an aromatic ring is 2. The number of nitrogens with zero attached hydrogens (tertiary/aromatic N) is 2. The summed E-state index contributed by atoms with van der Waals surface area (Å²) in [7, 11) is 0. The normalized spacial score (nSPS) is 10.4. The molecule has 0 fully saturated rings. The molecular formula is C26H16N4Na2O4. The summed E-state index contributed by atoms with van der Waals surface area (Å²) in [5.74, 6) is -2.98. The largest absolute Gasteiger partial charge is 1.00 e. The molecule has 36 heavy (non-hydrogen) atoms. The van der Waals surface area contributed by atoms with Gasteiger partial charge in [0.15, 0.2) is 0 Å². The monoisotopic (exact) mass is 494 g/mol. The number of pyridine rings is 2. The number of aromatic nitrogens is 2. The van der Waals surface area contributed by atoms with E-state index in [-0.39, 0.29) is 81.5 Å². The maximum atomic E-state index is 11.8. The van der Waals surface area contributed by atoms with Crippen LogP contribution < -0.4 is 80.8 Å². The predicted octanol–water partition coefficient (Wildman–Crippen LogP) is -3.98. The molecule has 0 aliphatic rings. The van der Waals surface area contributed by atoms with Gasteiger partial charge in [0.25, 0.3) is 0 Å². The number of anilines is 2. The Morgan fingerprint density at radius 3 is 1.28 bits per heavy atom. The second kappa shape index (κ2) is 11.0. The summed E-state index contributed by atoms with van der Waals surface area (Å²) >= 11 is 0. The summed E-state index contributed by atoms with van der Waals surface area (Å²) in [6, 6.07) is 20.3. The number of nitrogens with two attached hydrogens (primary N) is 2. The fourth-order valence-electron chi connectivity index (χ4n) is 4.11. The van der Waals surface area contributed by atoms with Crippen molar-refractivity contribution >= 4 is 45.1 Å². The minimum Gasteiger partial charge on any atom is -0.543 e. The summed E-state index contributed by atoms with van der Waals surface area (Å²) < 4.78 is 0. The second-order valence-corrected chi connectivity index (χ2v) is 7.72. The Labute approximate surface area is 249 Å². The number of carboxylic acid groups (broad SMARTS) is 2. The molecule has 5 aromatic rings. The van der Waals surface area contributed by atoms with Crippen molar-refractivity contribution in [3.63, 3.8) is 0 Å². The molecule has 10 heteroatoms. The third kappa shape index (κ3) is 4.84. The van der Waals surface area contributed by atoms with Gasteiger partial charge in [-0.15, -0.1) is 0 Å². The van der Waals surface area contributed by atoms with Crippen molar-refractivity contribution < 1.29 is 78.9 Å². The van der Waals surface area contributed by atoms with Crippen LogP contribution in [-0.4, -0.2) is 21.9 Å². The first-order valence-corrected chi connectivity index (χ1v) is 10.3. The zero-order valence-electron chi connectivity index (χ0n) is 19.6. The third-order valence-corrected chi connectivity index (χ3v) is 5.68. The van der Waals surface area contributed by atoms with Crippen molar-refractivity contribution in [2.45, 2.75) is 0 Å². The Hall–Kier alpha value is -2.98. The second-order valence-electron chi connectivity index (χ2n) is 7.72. The SMILES string of the molecule is Nc1ccccc1-c1cc(C(=O)[O-])nc2c1ccc1c(-c3ccccc3N)cc(C(=O)[O-])nc12.[Na+].[Na+]. The summed E-state index contributed by atoms with van der Waals surface area (Å²) in [4.78, 5) is 32.2. The van der Waals surface area contributed by atoms with Gasteiger partial charge in [-0.05, 0) is 35.4 Å². The Balaban J connectivity index is 0.00000180. The maximum Gasteiger partial charge on any atom is 1.00 e. The van der Waals surface area contributed by atoms with E-state index in [9.17, 15) is 19.8 Å². The number of benzene rings is 3. The number of rotatable bonds is 4. The van der Waals surface area contributed by atoms with Crippen molar-refractivity contribution in [3.05, 3.63) is 84.2 Å². The molecule has 0 spiro atoms. The average Bonchev–Trinajstić information content (AvgIpc) is 2.83. The molecule has 2 aromatic heterocycles. The van der Waals surface area contributed by atoms with E-state index in [1.54, 1.807) is 60.7 Å². The first-order chi connectivity index (χ1) is 16.3. The zero-order chi connectivity index (χ0) is 24.0. The molecule has 0 atom stereocenters. The molecule has 0 saturated heterocycles. The average molecular weight is 494 g/mol. The smallest absolute Gasteiger partial charge is 0.543 e. The molecule has 0 saturated carbocycles. The van der Waals surface area contributed by atoms with Crippen molar-refractivity contribution in [3.8, 4) is 22.3 Å². The number of carbonyl (C=O) groups excluding carboxylic acids is 2. The van der Waals surface area contributed by atoms with Crippen molar-refractivity contribution in [2.75, 3.05) is 11.5 Å². The fraction of sp³-hybridized carbons (Fsp3) is 0. The minimum absolute atomic E-state index is 0. The first kappa shape index (κ1) is 27.6. The molecule has 8 nitrogen and oxygen atoms in total. The molecule has 3 aromatic carbocycles. The molecule has 0 unspecified atom stereocenters. The molecule has 0 amide bonds. The van der Waals surface area contributed by atoms with Crippen LogP contribution >= 0.6 is 0 Å². The van der Waals surface area contributed by atoms with Crippen LogP contribution in [0, 0.1) is 0 Å². The van der Waals surface area contributed by atoms with Crippen LogP contribution in [-0.2, 0) is 0 Å². The fourth-order valence-corrected chi connectivity index (χ4v) is 4.11. The van der Waals surface area contributed by atoms with E-state index in [0.29, 0.717) is 44.4 Å². The van der Waals surface area contributed by atoms with E-state index in [0.717, 1.165) is 0 Å². The van der Waals surface area contributed by atoms with Gasteiger partial charge in [0, 0.05) is 33.3 Å². The van der Waals surface area contributed by atoms with E-state index in [4.69, 9.17) is 11.5 Å². The van der Waals surface area contributed by atoms with Crippen LogP contribution in [0.3, 0.4) is 0 Å². The summed E-state index contributed by atoms with van der Waals surface area (Å²) in [6.45, 7) is 0. The topological polar surface area (TPSA) is 158 Å². The number of aromatic carboxylic acids is 2. The molecule has 0 aliphatic carbocycles. The summed E-state index contributed by atoms with van der Waals surface area (Å²) in [5, 5.41) is 24.7. The Bertz CT molecular complexity index is 1530. The molecule has 166 valence electrons. The molecule has 0 aliphatic heterocycles. The number of carboxylic acids is 2. The van der Waals surface area contributed by atoms with E-state index >= 15 is 0 Å². The number of hydrogen-bond acceptors (Lipinski definition) is 8. The van der Waals surface area contributed by atoms with Crippen molar-refractivity contribution in [1.29, 1.82) is 0 Å². The van der Waals surface area contributed by atoms with E-state index < -0.39 is 11.9 Å². The van der Waals surface area contributed by atoms with Crippen LogP contribution in [0.5, 0.6) is 0 Å². The van der Waals surface area contributed by atoms with Crippen molar-refractivity contribution in [1.82, 2.24) is 9.97 Å². The Kier molecular flexibility index (Phi) is 8.40. The van der Waals surface area contributed by atoms with Gasteiger partial charge in [0.2, 0.25) is 0 Å². The van der Waals surface area contributed by atoms with Crippen LogP contribution in [0.15, 0.2) is 72.8 Å². The number of hydrogen-bond donors (Lipinski definition) is 2. The van der Waals surface area contributed by atoms with Crippen LogP contribution in [0.1, 0.15) is 21.0 Å². The van der Waals surface area contributed by atoms with Crippen molar-refractivity contribution in [2.24, 2.45) is 0 Å². The predicted molar refractivity (Wildman–Crippen MR) is 125 cm³/mol. The Morgan fingerprint density at radius 1 is 0.583 bits per heavy atom. The van der Waals surface area contributed by atoms with Gasteiger partial charge in [-0.2, -0.15) is 0 Å². The molecular weight excluding hydrogens is 478 g/mol. The van der Waals surface area contributed by atoms with Crippen LogP contribution in [0.25, 0.3) is 44.1 Å².